The molecule has 0 aliphatic heterocycles. The first-order chi connectivity index (χ1) is 9.33. The minimum Gasteiger partial charge on any atom is -0.406 e. The minimum absolute atomic E-state index is 0.100. The normalized spacial score (nSPS) is 11.2. The highest BCUT2D eigenvalue weighted by atomic mass is 19.4. The molecule has 2 rings (SSSR count). The number of hydrogen-bond donors (Lipinski definition) is 2. The van der Waals surface area contributed by atoms with E-state index in [4.69, 9.17) is 5.73 Å². The highest BCUT2D eigenvalue weighted by molar-refractivity contribution is 5.63. The summed E-state index contributed by atoms with van der Waals surface area (Å²) in [4.78, 5) is 0. The van der Waals surface area contributed by atoms with Crippen molar-refractivity contribution in [2.45, 2.75) is 6.36 Å². The van der Waals surface area contributed by atoms with Gasteiger partial charge in [-0.25, -0.2) is 4.39 Å². The molecule has 0 fully saturated rings. The van der Waals surface area contributed by atoms with Crippen molar-refractivity contribution in [3.63, 3.8) is 0 Å². The van der Waals surface area contributed by atoms with Crippen molar-refractivity contribution in [3.8, 4) is 5.75 Å². The van der Waals surface area contributed by atoms with E-state index in [2.05, 4.69) is 10.1 Å². The fourth-order valence-corrected chi connectivity index (χ4v) is 1.56. The Labute approximate surface area is 112 Å². The molecular formula is C13H10F4N2O. The van der Waals surface area contributed by atoms with Gasteiger partial charge in [0.05, 0.1) is 5.69 Å². The maximum Gasteiger partial charge on any atom is 0.573 e. The third-order valence-electron chi connectivity index (χ3n) is 2.34. The van der Waals surface area contributed by atoms with Crippen LogP contribution in [0, 0.1) is 5.82 Å². The molecule has 0 saturated heterocycles. The summed E-state index contributed by atoms with van der Waals surface area (Å²) in [6, 6.07) is 9.08. The highest BCUT2D eigenvalue weighted by Gasteiger charge is 2.31. The van der Waals surface area contributed by atoms with E-state index in [0.29, 0.717) is 0 Å². The zero-order valence-corrected chi connectivity index (χ0v) is 10.0. The van der Waals surface area contributed by atoms with E-state index in [-0.39, 0.29) is 17.1 Å². The molecule has 0 aliphatic carbocycles. The number of ether oxygens (including phenoxy) is 1. The summed E-state index contributed by atoms with van der Waals surface area (Å²) in [5.41, 5.74) is 6.01. The van der Waals surface area contributed by atoms with Crippen molar-refractivity contribution >= 4 is 17.1 Å². The van der Waals surface area contributed by atoms with Crippen LogP contribution in [0.4, 0.5) is 34.6 Å². The molecule has 3 nitrogen and oxygen atoms in total. The summed E-state index contributed by atoms with van der Waals surface area (Å²) in [5, 5.41) is 2.65. The predicted octanol–water partition coefficient (Wildman–Crippen LogP) is 4.05. The molecule has 0 atom stereocenters. The molecule has 0 amide bonds. The highest BCUT2D eigenvalue weighted by Crippen LogP contribution is 2.27. The van der Waals surface area contributed by atoms with Gasteiger partial charge < -0.3 is 15.8 Å². The van der Waals surface area contributed by atoms with Crippen LogP contribution in [0.25, 0.3) is 0 Å². The number of nitrogen functional groups attached to an aromatic ring is 1. The maximum absolute atomic E-state index is 13.6. The van der Waals surface area contributed by atoms with E-state index in [9.17, 15) is 17.6 Å². The number of nitrogens with one attached hydrogen (secondary N) is 1. The lowest BCUT2D eigenvalue weighted by atomic mass is 10.2. The molecule has 20 heavy (non-hydrogen) atoms. The van der Waals surface area contributed by atoms with E-state index in [1.54, 1.807) is 0 Å². The summed E-state index contributed by atoms with van der Waals surface area (Å²) in [6.07, 6.45) is -4.77. The summed E-state index contributed by atoms with van der Waals surface area (Å²) in [5.74, 6) is -0.995. The first-order valence-corrected chi connectivity index (χ1v) is 5.51. The van der Waals surface area contributed by atoms with Crippen LogP contribution in [0.3, 0.4) is 0 Å². The van der Waals surface area contributed by atoms with Crippen molar-refractivity contribution in [3.05, 3.63) is 48.3 Å². The molecule has 0 aromatic heterocycles. The van der Waals surface area contributed by atoms with Crippen LogP contribution < -0.4 is 15.8 Å². The van der Waals surface area contributed by atoms with E-state index in [1.807, 2.05) is 0 Å². The molecule has 0 unspecified atom stereocenters. The van der Waals surface area contributed by atoms with Crippen LogP contribution in [-0.2, 0) is 0 Å². The lowest BCUT2D eigenvalue weighted by molar-refractivity contribution is -0.274. The average Bonchev–Trinajstić information content (AvgIpc) is 2.31. The van der Waals surface area contributed by atoms with Gasteiger partial charge in [-0.15, -0.1) is 13.2 Å². The smallest absolute Gasteiger partial charge is 0.406 e. The predicted molar refractivity (Wildman–Crippen MR) is 67.2 cm³/mol. The lowest BCUT2D eigenvalue weighted by Gasteiger charge is -2.12. The van der Waals surface area contributed by atoms with E-state index >= 15 is 0 Å². The largest absolute Gasteiger partial charge is 0.573 e. The van der Waals surface area contributed by atoms with Crippen LogP contribution in [-0.4, -0.2) is 6.36 Å². The first-order valence-electron chi connectivity index (χ1n) is 5.51. The maximum atomic E-state index is 13.6. The number of halogens is 4. The van der Waals surface area contributed by atoms with Gasteiger partial charge in [0.1, 0.15) is 11.6 Å². The van der Waals surface area contributed by atoms with E-state index in [0.717, 1.165) is 18.2 Å². The standard InChI is InChI=1S/C13H10F4N2O/c14-11-6-8(18)4-5-12(11)19-9-2-1-3-10(7-9)20-13(15,16)17/h1-7,19H,18H2. The summed E-state index contributed by atoms with van der Waals surface area (Å²) in [7, 11) is 0. The topological polar surface area (TPSA) is 47.3 Å². The third-order valence-corrected chi connectivity index (χ3v) is 2.34. The number of rotatable bonds is 3. The molecular weight excluding hydrogens is 276 g/mol. The fraction of sp³-hybridized carbons (Fsp3) is 0.0769. The second-order valence-corrected chi connectivity index (χ2v) is 3.94. The number of anilines is 3. The second kappa shape index (κ2) is 5.28. The summed E-state index contributed by atoms with van der Waals surface area (Å²) in [6.45, 7) is 0. The molecule has 7 heteroatoms. The quantitative estimate of drug-likeness (QED) is 0.661. The summed E-state index contributed by atoms with van der Waals surface area (Å²) >= 11 is 0. The second-order valence-electron chi connectivity index (χ2n) is 3.94. The van der Waals surface area contributed by atoms with Gasteiger partial charge in [-0.2, -0.15) is 0 Å². The zero-order valence-electron chi connectivity index (χ0n) is 10.0. The Morgan fingerprint density at radius 2 is 1.80 bits per heavy atom. The molecule has 0 saturated carbocycles. The zero-order chi connectivity index (χ0) is 14.8. The molecule has 2 aromatic rings. The Bertz CT molecular complexity index is 614. The Balaban J connectivity index is 2.19. The Morgan fingerprint density at radius 1 is 1.05 bits per heavy atom. The molecule has 0 radical (unpaired) electrons. The molecule has 3 N–H and O–H groups in total. The van der Waals surface area contributed by atoms with Crippen molar-refractivity contribution in [2.75, 3.05) is 11.1 Å². The lowest BCUT2D eigenvalue weighted by Crippen LogP contribution is -2.17. The molecule has 2 aromatic carbocycles. The van der Waals surface area contributed by atoms with Gasteiger partial charge in [0, 0.05) is 17.4 Å². The fourth-order valence-electron chi connectivity index (χ4n) is 1.56. The number of hydrogen-bond acceptors (Lipinski definition) is 3. The Hall–Kier alpha value is -2.44. The van der Waals surface area contributed by atoms with Gasteiger partial charge in [-0.1, -0.05) is 6.07 Å². The van der Waals surface area contributed by atoms with E-state index in [1.165, 1.54) is 24.3 Å². The molecule has 0 spiro atoms. The van der Waals surface area contributed by atoms with Crippen molar-refractivity contribution in [2.24, 2.45) is 0 Å². The van der Waals surface area contributed by atoms with Crippen LogP contribution in [0.1, 0.15) is 0 Å². The van der Waals surface area contributed by atoms with E-state index < -0.39 is 17.9 Å². The Kier molecular flexibility index (Phi) is 3.69. The third kappa shape index (κ3) is 3.78. The average molecular weight is 286 g/mol. The van der Waals surface area contributed by atoms with Crippen LogP contribution in [0.15, 0.2) is 42.5 Å². The Morgan fingerprint density at radius 3 is 2.45 bits per heavy atom. The van der Waals surface area contributed by atoms with Gasteiger partial charge in [0.25, 0.3) is 0 Å². The first kappa shape index (κ1) is 14.0. The number of nitrogens with two attached hydrogens (primary N) is 1. The number of alkyl halides is 3. The van der Waals surface area contributed by atoms with Crippen LogP contribution in [0.2, 0.25) is 0 Å². The summed E-state index contributed by atoms with van der Waals surface area (Å²) < 4.78 is 53.6. The molecule has 0 bridgehead atoms. The van der Waals surface area contributed by atoms with Crippen molar-refractivity contribution < 1.29 is 22.3 Å². The monoisotopic (exact) mass is 286 g/mol. The molecule has 0 heterocycles. The SMILES string of the molecule is Nc1ccc(Nc2cccc(OC(F)(F)F)c2)c(F)c1. The van der Waals surface area contributed by atoms with Gasteiger partial charge in [-0.3, -0.25) is 0 Å². The van der Waals surface area contributed by atoms with Crippen molar-refractivity contribution in [1.82, 2.24) is 0 Å². The van der Waals surface area contributed by atoms with Crippen LogP contribution in [0.5, 0.6) is 5.75 Å². The molecule has 0 aliphatic rings. The van der Waals surface area contributed by atoms with Gasteiger partial charge in [-0.05, 0) is 30.3 Å². The minimum atomic E-state index is -4.77. The molecule has 106 valence electrons. The van der Waals surface area contributed by atoms with Crippen molar-refractivity contribution in [1.29, 1.82) is 0 Å². The van der Waals surface area contributed by atoms with Crippen LogP contribution >= 0.6 is 0 Å². The van der Waals surface area contributed by atoms with Gasteiger partial charge in [0.2, 0.25) is 0 Å². The van der Waals surface area contributed by atoms with Gasteiger partial charge in [0.15, 0.2) is 0 Å². The number of benzene rings is 2. The van der Waals surface area contributed by atoms with Gasteiger partial charge >= 0.3 is 6.36 Å².